The molecule has 0 amide bonds. The van der Waals surface area contributed by atoms with E-state index in [1.165, 1.54) is 0 Å². The van der Waals surface area contributed by atoms with Gasteiger partial charge in [0.25, 0.3) is 0 Å². The Balaban J connectivity index is 2.67. The third-order valence-corrected chi connectivity index (χ3v) is 6.44. The van der Waals surface area contributed by atoms with Gasteiger partial charge in [-0.1, -0.05) is 13.3 Å². The van der Waals surface area contributed by atoms with Crippen molar-refractivity contribution in [2.45, 2.75) is 51.7 Å². The van der Waals surface area contributed by atoms with Gasteiger partial charge < -0.3 is 10.0 Å². The molecule has 1 saturated heterocycles. The summed E-state index contributed by atoms with van der Waals surface area (Å²) in [7, 11) is -3.06. The van der Waals surface area contributed by atoms with Gasteiger partial charge in [-0.15, -0.1) is 0 Å². The molecule has 1 rings (SSSR count). The zero-order chi connectivity index (χ0) is 15.4. The number of carbonyl (C=O) groups is 1. The molecule has 0 aromatic rings. The zero-order valence-electron chi connectivity index (χ0n) is 12.8. The van der Waals surface area contributed by atoms with Crippen molar-refractivity contribution in [3.63, 3.8) is 0 Å². The number of sulfone groups is 1. The molecule has 1 atom stereocenters. The molecule has 0 spiro atoms. The lowest BCUT2D eigenvalue weighted by Crippen LogP contribution is -2.49. The smallest absolute Gasteiger partial charge is 0.310 e. The SMILES string of the molecule is CCCC1(C(=O)O)CCCN(CCS(=O)(=O)C(C)C)C1. The summed E-state index contributed by atoms with van der Waals surface area (Å²) in [5.74, 6) is -0.622. The lowest BCUT2D eigenvalue weighted by Gasteiger charge is -2.40. The largest absolute Gasteiger partial charge is 0.481 e. The van der Waals surface area contributed by atoms with Crippen LogP contribution in [0.5, 0.6) is 0 Å². The van der Waals surface area contributed by atoms with Crippen molar-refractivity contribution in [3.8, 4) is 0 Å². The number of carboxylic acid groups (broad SMARTS) is 1. The molecule has 5 nitrogen and oxygen atoms in total. The van der Waals surface area contributed by atoms with Crippen LogP contribution in [0.1, 0.15) is 46.5 Å². The standard InChI is InChI=1S/C14H27NO4S/c1-4-6-14(13(16)17)7-5-8-15(11-14)9-10-20(18,19)12(2)3/h12H,4-11H2,1-3H3,(H,16,17). The highest BCUT2D eigenvalue weighted by Gasteiger charge is 2.41. The molecule has 20 heavy (non-hydrogen) atoms. The minimum absolute atomic E-state index is 0.118. The lowest BCUT2D eigenvalue weighted by atomic mass is 9.76. The van der Waals surface area contributed by atoms with E-state index in [0.717, 1.165) is 19.4 Å². The Bertz CT molecular complexity index is 428. The quantitative estimate of drug-likeness (QED) is 0.776. The van der Waals surface area contributed by atoms with Gasteiger partial charge in [0, 0.05) is 13.1 Å². The Morgan fingerprint density at radius 3 is 2.55 bits per heavy atom. The predicted octanol–water partition coefficient (Wildman–Crippen LogP) is 1.78. The molecule has 0 aromatic carbocycles. The Labute approximate surface area is 122 Å². The van der Waals surface area contributed by atoms with Crippen molar-refractivity contribution in [2.24, 2.45) is 5.41 Å². The van der Waals surface area contributed by atoms with Crippen LogP contribution in [0.25, 0.3) is 0 Å². The highest BCUT2D eigenvalue weighted by Crippen LogP contribution is 2.35. The van der Waals surface area contributed by atoms with Gasteiger partial charge in [0.1, 0.15) is 0 Å². The first kappa shape index (κ1) is 17.4. The van der Waals surface area contributed by atoms with Crippen LogP contribution in [-0.2, 0) is 14.6 Å². The lowest BCUT2D eigenvalue weighted by molar-refractivity contribution is -0.153. The van der Waals surface area contributed by atoms with Crippen LogP contribution in [-0.4, -0.2) is 55.0 Å². The molecule has 0 aromatic heterocycles. The number of piperidine rings is 1. The molecule has 0 saturated carbocycles. The van der Waals surface area contributed by atoms with E-state index < -0.39 is 21.2 Å². The molecule has 1 aliphatic rings. The van der Waals surface area contributed by atoms with E-state index in [-0.39, 0.29) is 11.0 Å². The summed E-state index contributed by atoms with van der Waals surface area (Å²) < 4.78 is 23.7. The monoisotopic (exact) mass is 305 g/mol. The van der Waals surface area contributed by atoms with Gasteiger partial charge in [0.2, 0.25) is 0 Å². The van der Waals surface area contributed by atoms with Crippen LogP contribution in [0.4, 0.5) is 0 Å². The van der Waals surface area contributed by atoms with Gasteiger partial charge in [-0.05, 0) is 39.7 Å². The molecule has 6 heteroatoms. The molecule has 1 heterocycles. The fourth-order valence-corrected chi connectivity index (χ4v) is 3.86. The fourth-order valence-electron chi connectivity index (χ4n) is 2.87. The molecule has 118 valence electrons. The van der Waals surface area contributed by atoms with Crippen LogP contribution < -0.4 is 0 Å². The van der Waals surface area contributed by atoms with Gasteiger partial charge in [0.15, 0.2) is 9.84 Å². The van der Waals surface area contributed by atoms with Gasteiger partial charge >= 0.3 is 5.97 Å². The van der Waals surface area contributed by atoms with Crippen LogP contribution in [0, 0.1) is 5.41 Å². The third-order valence-electron chi connectivity index (χ3n) is 4.25. The first-order valence-electron chi connectivity index (χ1n) is 7.41. The second-order valence-corrected chi connectivity index (χ2v) is 8.81. The van der Waals surface area contributed by atoms with Crippen LogP contribution in [0.2, 0.25) is 0 Å². The van der Waals surface area contributed by atoms with Crippen LogP contribution >= 0.6 is 0 Å². The number of hydrogen-bond acceptors (Lipinski definition) is 4. The predicted molar refractivity (Wildman–Crippen MR) is 79.6 cm³/mol. The second-order valence-electron chi connectivity index (χ2n) is 6.13. The molecule has 0 radical (unpaired) electrons. The van der Waals surface area contributed by atoms with E-state index in [2.05, 4.69) is 0 Å². The van der Waals surface area contributed by atoms with E-state index in [4.69, 9.17) is 0 Å². The molecular weight excluding hydrogens is 278 g/mol. The Kier molecular flexibility index (Phi) is 6.01. The van der Waals surface area contributed by atoms with Gasteiger partial charge in [0.05, 0.1) is 16.4 Å². The first-order chi connectivity index (χ1) is 9.23. The van der Waals surface area contributed by atoms with Crippen molar-refractivity contribution < 1.29 is 18.3 Å². The summed E-state index contributed by atoms with van der Waals surface area (Å²) in [5.41, 5.74) is -0.686. The summed E-state index contributed by atoms with van der Waals surface area (Å²) in [4.78, 5) is 13.6. The summed E-state index contributed by atoms with van der Waals surface area (Å²) in [6.07, 6.45) is 3.03. The first-order valence-corrected chi connectivity index (χ1v) is 9.12. The Hall–Kier alpha value is -0.620. The van der Waals surface area contributed by atoms with Gasteiger partial charge in [-0.25, -0.2) is 8.42 Å². The molecule has 1 unspecified atom stereocenters. The number of likely N-dealkylation sites (tertiary alicyclic amines) is 1. The number of rotatable bonds is 7. The summed E-state index contributed by atoms with van der Waals surface area (Å²) in [6.45, 7) is 7.08. The van der Waals surface area contributed by atoms with Crippen molar-refractivity contribution >= 4 is 15.8 Å². The minimum Gasteiger partial charge on any atom is -0.481 e. The van der Waals surface area contributed by atoms with Gasteiger partial charge in [-0.3, -0.25) is 4.79 Å². The maximum absolute atomic E-state index is 11.9. The average Bonchev–Trinajstić information content (AvgIpc) is 2.37. The van der Waals surface area contributed by atoms with Crippen molar-refractivity contribution in [1.29, 1.82) is 0 Å². The summed E-state index contributed by atoms with van der Waals surface area (Å²) in [6, 6.07) is 0. The summed E-state index contributed by atoms with van der Waals surface area (Å²) >= 11 is 0. The minimum atomic E-state index is -3.06. The van der Waals surface area contributed by atoms with E-state index in [1.807, 2.05) is 11.8 Å². The highest BCUT2D eigenvalue weighted by atomic mass is 32.2. The van der Waals surface area contributed by atoms with Crippen LogP contribution in [0.15, 0.2) is 0 Å². The van der Waals surface area contributed by atoms with E-state index >= 15 is 0 Å². The molecule has 0 bridgehead atoms. The van der Waals surface area contributed by atoms with Crippen molar-refractivity contribution in [2.75, 3.05) is 25.4 Å². The highest BCUT2D eigenvalue weighted by molar-refractivity contribution is 7.92. The maximum Gasteiger partial charge on any atom is 0.310 e. The number of aliphatic carboxylic acids is 1. The molecule has 1 aliphatic heterocycles. The topological polar surface area (TPSA) is 74.7 Å². The number of hydrogen-bond donors (Lipinski definition) is 1. The summed E-state index contributed by atoms with van der Waals surface area (Å²) in [5, 5.41) is 9.14. The Morgan fingerprint density at radius 2 is 2.05 bits per heavy atom. The van der Waals surface area contributed by atoms with E-state index in [1.54, 1.807) is 13.8 Å². The Morgan fingerprint density at radius 1 is 1.40 bits per heavy atom. The fraction of sp³-hybridized carbons (Fsp3) is 0.929. The van der Waals surface area contributed by atoms with Crippen LogP contribution in [0.3, 0.4) is 0 Å². The van der Waals surface area contributed by atoms with E-state index in [0.29, 0.717) is 25.9 Å². The molecular formula is C14H27NO4S. The normalized spacial score (nSPS) is 25.0. The molecule has 1 fully saturated rings. The number of carboxylic acids is 1. The molecule has 1 N–H and O–H groups in total. The van der Waals surface area contributed by atoms with Crippen molar-refractivity contribution in [1.82, 2.24) is 4.90 Å². The second kappa shape index (κ2) is 6.89. The van der Waals surface area contributed by atoms with Gasteiger partial charge in [-0.2, -0.15) is 0 Å². The third kappa shape index (κ3) is 4.19. The zero-order valence-corrected chi connectivity index (χ0v) is 13.6. The molecule has 0 aliphatic carbocycles. The van der Waals surface area contributed by atoms with Crippen molar-refractivity contribution in [3.05, 3.63) is 0 Å². The average molecular weight is 305 g/mol. The van der Waals surface area contributed by atoms with E-state index in [9.17, 15) is 18.3 Å². The maximum atomic E-state index is 11.9. The number of nitrogens with zero attached hydrogens (tertiary/aromatic N) is 1.